The van der Waals surface area contributed by atoms with Crippen LogP contribution in [-0.4, -0.2) is 0 Å². The van der Waals surface area contributed by atoms with Crippen molar-refractivity contribution >= 4 is 0 Å². The molecule has 1 rings (SSSR count). The molecular formula is C10H20. The quantitative estimate of drug-likeness (QED) is 0.514. The van der Waals surface area contributed by atoms with E-state index in [-0.39, 0.29) is 0 Å². The first kappa shape index (κ1) is 9.74. The molecule has 0 heteroatoms. The number of allylic oxidation sites excluding steroid dienone is 1. The number of rotatable bonds is 2. The van der Waals surface area contributed by atoms with E-state index in [1.165, 1.54) is 12.8 Å². The van der Waals surface area contributed by atoms with E-state index in [4.69, 9.17) is 0 Å². The lowest BCUT2D eigenvalue weighted by atomic mass is 10.3. The second kappa shape index (κ2) is 5.52. The number of hydrogen-bond acceptors (Lipinski definition) is 0. The van der Waals surface area contributed by atoms with E-state index in [0.29, 0.717) is 0 Å². The molecule has 0 spiro atoms. The van der Waals surface area contributed by atoms with Crippen LogP contribution in [0.2, 0.25) is 0 Å². The zero-order chi connectivity index (χ0) is 7.98. The second-order valence-corrected chi connectivity index (χ2v) is 3.27. The highest BCUT2D eigenvalue weighted by molar-refractivity contribution is 4.76. The van der Waals surface area contributed by atoms with E-state index in [1.54, 1.807) is 0 Å². The molecule has 0 nitrogen and oxygen atoms in total. The third-order valence-electron chi connectivity index (χ3n) is 2.00. The third kappa shape index (κ3) is 5.87. The van der Waals surface area contributed by atoms with E-state index in [2.05, 4.69) is 27.4 Å². The van der Waals surface area contributed by atoms with Crippen LogP contribution in [0.5, 0.6) is 0 Å². The van der Waals surface area contributed by atoms with Gasteiger partial charge in [-0.3, -0.25) is 0 Å². The van der Waals surface area contributed by atoms with Crippen LogP contribution in [0.25, 0.3) is 0 Å². The van der Waals surface area contributed by atoms with Gasteiger partial charge in [-0.1, -0.05) is 33.3 Å². The molecule has 1 aliphatic carbocycles. The molecule has 0 aromatic rings. The summed E-state index contributed by atoms with van der Waals surface area (Å²) < 4.78 is 0. The Bertz CT molecular complexity index is 78.0. The molecule has 2 unspecified atom stereocenters. The summed E-state index contributed by atoms with van der Waals surface area (Å²) in [4.78, 5) is 0. The minimum absolute atomic E-state index is 1.05. The monoisotopic (exact) mass is 140 g/mol. The minimum Gasteiger partial charge on any atom is -0.103 e. The van der Waals surface area contributed by atoms with Gasteiger partial charge in [-0.15, -0.1) is 6.58 Å². The highest BCUT2D eigenvalue weighted by atomic mass is 14.3. The standard InChI is InChI=1S/2C5H10/c1-4-3-5(4)2;1-3-5-4-2/h4-5H,3H2,1-2H3;3H,1,4-5H2,2H3. The van der Waals surface area contributed by atoms with Crippen LogP contribution in [-0.2, 0) is 0 Å². The molecule has 1 saturated carbocycles. The second-order valence-electron chi connectivity index (χ2n) is 3.27. The van der Waals surface area contributed by atoms with Gasteiger partial charge in [0.25, 0.3) is 0 Å². The first-order valence-corrected chi connectivity index (χ1v) is 4.33. The van der Waals surface area contributed by atoms with Crippen molar-refractivity contribution in [3.8, 4) is 0 Å². The summed E-state index contributed by atoms with van der Waals surface area (Å²) >= 11 is 0. The molecule has 10 heavy (non-hydrogen) atoms. The van der Waals surface area contributed by atoms with Crippen LogP contribution in [0, 0.1) is 11.8 Å². The zero-order valence-electron chi connectivity index (χ0n) is 7.56. The summed E-state index contributed by atoms with van der Waals surface area (Å²) in [6.45, 7) is 10.3. The maximum atomic E-state index is 3.55. The van der Waals surface area contributed by atoms with Crippen LogP contribution in [0.3, 0.4) is 0 Å². The van der Waals surface area contributed by atoms with Crippen molar-refractivity contribution in [2.24, 2.45) is 11.8 Å². The molecule has 0 N–H and O–H groups in total. The molecule has 0 aromatic heterocycles. The van der Waals surface area contributed by atoms with E-state index >= 15 is 0 Å². The summed E-state index contributed by atoms with van der Waals surface area (Å²) in [5.41, 5.74) is 0. The molecule has 0 amide bonds. The summed E-state index contributed by atoms with van der Waals surface area (Å²) in [5, 5.41) is 0. The van der Waals surface area contributed by atoms with E-state index < -0.39 is 0 Å². The van der Waals surface area contributed by atoms with Crippen molar-refractivity contribution in [1.29, 1.82) is 0 Å². The van der Waals surface area contributed by atoms with Crippen LogP contribution in [0.4, 0.5) is 0 Å². The van der Waals surface area contributed by atoms with E-state index in [9.17, 15) is 0 Å². The van der Waals surface area contributed by atoms with Gasteiger partial charge in [0.1, 0.15) is 0 Å². The molecule has 0 heterocycles. The van der Waals surface area contributed by atoms with Gasteiger partial charge in [0, 0.05) is 0 Å². The van der Waals surface area contributed by atoms with Crippen molar-refractivity contribution in [2.45, 2.75) is 40.0 Å². The normalized spacial score (nSPS) is 28.3. The Morgan fingerprint density at radius 2 is 1.80 bits per heavy atom. The number of unbranched alkanes of at least 4 members (excludes halogenated alkanes) is 1. The summed E-state index contributed by atoms with van der Waals surface area (Å²) in [6, 6.07) is 0. The summed E-state index contributed by atoms with van der Waals surface area (Å²) in [6.07, 6.45) is 5.78. The fourth-order valence-electron chi connectivity index (χ4n) is 0.712. The largest absolute Gasteiger partial charge is 0.103 e. The minimum atomic E-state index is 1.05. The van der Waals surface area contributed by atoms with E-state index in [1.807, 2.05) is 6.08 Å². The van der Waals surface area contributed by atoms with Gasteiger partial charge in [0.15, 0.2) is 0 Å². The number of hydrogen-bond donors (Lipinski definition) is 0. The lowest BCUT2D eigenvalue weighted by molar-refractivity contribution is 0.834. The Balaban J connectivity index is 0.000000162. The summed E-state index contributed by atoms with van der Waals surface area (Å²) in [5.74, 6) is 2.10. The average Bonchev–Trinajstić information content (AvgIpc) is 2.49. The van der Waals surface area contributed by atoms with Crippen LogP contribution >= 0.6 is 0 Å². The van der Waals surface area contributed by atoms with Crippen molar-refractivity contribution in [3.63, 3.8) is 0 Å². The molecule has 0 bridgehead atoms. The predicted molar refractivity (Wildman–Crippen MR) is 48.1 cm³/mol. The van der Waals surface area contributed by atoms with Crippen LogP contribution < -0.4 is 0 Å². The molecule has 0 radical (unpaired) electrons. The molecule has 0 aromatic carbocycles. The maximum Gasteiger partial charge on any atom is -0.0356 e. The van der Waals surface area contributed by atoms with Gasteiger partial charge in [0.2, 0.25) is 0 Å². The molecule has 60 valence electrons. The topological polar surface area (TPSA) is 0 Å². The molecule has 0 aliphatic heterocycles. The van der Waals surface area contributed by atoms with Gasteiger partial charge in [-0.25, -0.2) is 0 Å². The van der Waals surface area contributed by atoms with Crippen molar-refractivity contribution < 1.29 is 0 Å². The molecule has 2 atom stereocenters. The fraction of sp³-hybridized carbons (Fsp3) is 0.800. The first-order valence-electron chi connectivity index (χ1n) is 4.33. The Labute approximate surface area is 65.3 Å². The predicted octanol–water partition coefficient (Wildman–Crippen LogP) is 3.63. The van der Waals surface area contributed by atoms with Gasteiger partial charge < -0.3 is 0 Å². The first-order chi connectivity index (χ1) is 4.72. The van der Waals surface area contributed by atoms with Crippen LogP contribution in [0.15, 0.2) is 12.7 Å². The maximum absolute atomic E-state index is 3.55. The lowest BCUT2D eigenvalue weighted by Crippen LogP contribution is -1.58. The van der Waals surface area contributed by atoms with Gasteiger partial charge in [-0.2, -0.15) is 0 Å². The highest BCUT2D eigenvalue weighted by Crippen LogP contribution is 2.36. The van der Waals surface area contributed by atoms with Gasteiger partial charge in [0.05, 0.1) is 0 Å². The average molecular weight is 140 g/mol. The Kier molecular flexibility index (Phi) is 5.38. The Morgan fingerprint density at radius 1 is 1.40 bits per heavy atom. The van der Waals surface area contributed by atoms with Crippen molar-refractivity contribution in [2.75, 3.05) is 0 Å². The van der Waals surface area contributed by atoms with Crippen molar-refractivity contribution in [3.05, 3.63) is 12.7 Å². The molecule has 1 aliphatic rings. The summed E-state index contributed by atoms with van der Waals surface area (Å²) in [7, 11) is 0. The van der Waals surface area contributed by atoms with Crippen LogP contribution in [0.1, 0.15) is 40.0 Å². The molecule has 0 saturated heterocycles. The zero-order valence-corrected chi connectivity index (χ0v) is 7.56. The van der Waals surface area contributed by atoms with Gasteiger partial charge in [-0.05, 0) is 24.7 Å². The van der Waals surface area contributed by atoms with Crippen molar-refractivity contribution in [1.82, 2.24) is 0 Å². The van der Waals surface area contributed by atoms with Gasteiger partial charge >= 0.3 is 0 Å². The highest BCUT2D eigenvalue weighted by Gasteiger charge is 2.26. The molecular weight excluding hydrogens is 120 g/mol. The third-order valence-corrected chi connectivity index (χ3v) is 2.00. The fourth-order valence-corrected chi connectivity index (χ4v) is 0.712. The SMILES string of the molecule is C=CCCC.CC1CC1C. The Morgan fingerprint density at radius 3 is 1.80 bits per heavy atom. The Hall–Kier alpha value is -0.260. The lowest BCUT2D eigenvalue weighted by Gasteiger charge is -1.72. The molecule has 1 fully saturated rings. The smallest absolute Gasteiger partial charge is 0.0356 e. The van der Waals surface area contributed by atoms with E-state index in [0.717, 1.165) is 18.3 Å².